The van der Waals surface area contributed by atoms with Gasteiger partial charge in [-0.05, 0) is 43.6 Å². The Balaban J connectivity index is 1.86. The number of ether oxygens (including phenoxy) is 1. The molecule has 0 bridgehead atoms. The van der Waals surface area contributed by atoms with Crippen LogP contribution in [0.15, 0.2) is 12.2 Å². The maximum atomic E-state index is 11.6. The summed E-state index contributed by atoms with van der Waals surface area (Å²) in [5, 5.41) is 9.04. The second-order valence-corrected chi connectivity index (χ2v) is 7.66. The number of hydrogen-bond donors (Lipinski definition) is 1. The largest absolute Gasteiger partial charge is 0.460 e. The van der Waals surface area contributed by atoms with E-state index in [1.807, 2.05) is 6.08 Å². The Morgan fingerprint density at radius 3 is 2.43 bits per heavy atom. The molecule has 0 aromatic rings. The number of aliphatic hydroxyl groups excluding tert-OH is 1. The Labute approximate surface area is 172 Å². The van der Waals surface area contributed by atoms with Crippen LogP contribution >= 0.6 is 0 Å². The Bertz CT molecular complexity index is 556. The minimum absolute atomic E-state index is 0.0139. The molecule has 0 amide bonds. The first kappa shape index (κ1) is 24.3. The summed E-state index contributed by atoms with van der Waals surface area (Å²) < 4.78 is 5.10. The lowest BCUT2D eigenvalue weighted by Crippen LogP contribution is -2.10. The number of allylic oxidation sites excluding steroid dienone is 2. The van der Waals surface area contributed by atoms with Crippen LogP contribution < -0.4 is 0 Å². The number of hydrogen-bond acceptors (Lipinski definition) is 3. The zero-order chi connectivity index (χ0) is 20.3. The van der Waals surface area contributed by atoms with Crippen LogP contribution in [-0.4, -0.2) is 23.8 Å². The molecular formula is C25H38O3. The molecule has 0 aromatic carbocycles. The molecule has 0 unspecified atom stereocenters. The maximum Gasteiger partial charge on any atom is 0.309 e. The van der Waals surface area contributed by atoms with Crippen molar-refractivity contribution >= 4 is 5.97 Å². The van der Waals surface area contributed by atoms with E-state index in [2.05, 4.69) is 36.7 Å². The van der Waals surface area contributed by atoms with E-state index in [4.69, 9.17) is 9.84 Å². The molecule has 1 aliphatic heterocycles. The van der Waals surface area contributed by atoms with Crippen LogP contribution in [0, 0.1) is 29.6 Å². The molecule has 0 aliphatic carbocycles. The van der Waals surface area contributed by atoms with Crippen LogP contribution in [0.4, 0.5) is 0 Å². The Morgan fingerprint density at radius 1 is 1.04 bits per heavy atom. The quantitative estimate of drug-likeness (QED) is 0.241. The van der Waals surface area contributed by atoms with E-state index in [9.17, 15) is 4.79 Å². The summed E-state index contributed by atoms with van der Waals surface area (Å²) in [5.74, 6) is 11.8. The minimum Gasteiger partial charge on any atom is -0.460 e. The fraction of sp³-hybridized carbons (Fsp3) is 0.720. The second-order valence-electron chi connectivity index (χ2n) is 7.66. The van der Waals surface area contributed by atoms with Gasteiger partial charge in [0.25, 0.3) is 0 Å². The summed E-state index contributed by atoms with van der Waals surface area (Å²) in [5.41, 5.74) is 0. The van der Waals surface area contributed by atoms with E-state index in [-0.39, 0.29) is 24.6 Å². The zero-order valence-corrected chi connectivity index (χ0v) is 17.7. The standard InChI is InChI=1S/C25H38O3/c1-2-3-4-5-6-7-8-9-10-11-12-13-14-15-16-17-18-19-20-23-21-24(22-26)28-25(23)27/h5-6,23-24,26H,2-4,11-22H2,1H3/b6-5+/t23-,24-/m0/s1. The van der Waals surface area contributed by atoms with E-state index in [1.165, 1.54) is 51.4 Å². The monoisotopic (exact) mass is 386 g/mol. The van der Waals surface area contributed by atoms with Crippen LogP contribution in [0.1, 0.15) is 96.8 Å². The average Bonchev–Trinajstić information content (AvgIpc) is 3.07. The molecule has 0 aromatic heterocycles. The molecule has 1 N–H and O–H groups in total. The van der Waals surface area contributed by atoms with Gasteiger partial charge < -0.3 is 9.84 Å². The van der Waals surface area contributed by atoms with Gasteiger partial charge in [-0.2, -0.15) is 0 Å². The third kappa shape index (κ3) is 12.6. The molecule has 3 nitrogen and oxygen atoms in total. The average molecular weight is 387 g/mol. The summed E-state index contributed by atoms with van der Waals surface area (Å²) in [6, 6.07) is 0. The van der Waals surface area contributed by atoms with Crippen LogP contribution in [0.2, 0.25) is 0 Å². The molecule has 1 saturated heterocycles. The Hall–Kier alpha value is -1.71. The molecule has 3 heteroatoms. The van der Waals surface area contributed by atoms with Gasteiger partial charge >= 0.3 is 5.97 Å². The molecule has 156 valence electrons. The molecule has 1 aliphatic rings. The lowest BCUT2D eigenvalue weighted by molar-refractivity contribution is -0.145. The SMILES string of the molecule is CCCC/C=C/C#CC#CCCCCCCCCCC[C@H]1C[C@@H](CO)OC1=O. The van der Waals surface area contributed by atoms with Crippen LogP contribution in [0.3, 0.4) is 0 Å². The summed E-state index contributed by atoms with van der Waals surface area (Å²) >= 11 is 0. The first-order valence-corrected chi connectivity index (χ1v) is 11.2. The molecule has 0 spiro atoms. The van der Waals surface area contributed by atoms with Crippen LogP contribution in [0.5, 0.6) is 0 Å². The number of unbranched alkanes of at least 4 members (excludes halogenated alkanes) is 10. The zero-order valence-electron chi connectivity index (χ0n) is 17.7. The van der Waals surface area contributed by atoms with Gasteiger partial charge in [-0.25, -0.2) is 0 Å². The van der Waals surface area contributed by atoms with E-state index < -0.39 is 0 Å². The van der Waals surface area contributed by atoms with E-state index in [1.54, 1.807) is 0 Å². The van der Waals surface area contributed by atoms with Gasteiger partial charge in [-0.3, -0.25) is 4.79 Å². The van der Waals surface area contributed by atoms with Gasteiger partial charge in [0.15, 0.2) is 0 Å². The number of carbonyl (C=O) groups is 1. The van der Waals surface area contributed by atoms with Gasteiger partial charge in [0, 0.05) is 6.42 Å². The smallest absolute Gasteiger partial charge is 0.309 e. The Morgan fingerprint density at radius 2 is 1.75 bits per heavy atom. The summed E-state index contributed by atoms with van der Waals surface area (Å²) in [6.45, 7) is 2.15. The number of rotatable bonds is 14. The van der Waals surface area contributed by atoms with Gasteiger partial charge in [-0.15, -0.1) is 0 Å². The normalized spacial score (nSPS) is 18.4. The highest BCUT2D eigenvalue weighted by Gasteiger charge is 2.33. The number of esters is 1. The number of cyclic esters (lactones) is 1. The minimum atomic E-state index is -0.262. The molecule has 1 rings (SSSR count). The number of carbonyl (C=O) groups excluding carboxylic acids is 1. The summed E-state index contributed by atoms with van der Waals surface area (Å²) in [4.78, 5) is 11.6. The highest BCUT2D eigenvalue weighted by Crippen LogP contribution is 2.26. The van der Waals surface area contributed by atoms with Crippen molar-refractivity contribution in [1.29, 1.82) is 0 Å². The van der Waals surface area contributed by atoms with Gasteiger partial charge in [-0.1, -0.05) is 82.6 Å². The van der Waals surface area contributed by atoms with E-state index in [0.717, 1.165) is 32.1 Å². The number of aliphatic hydroxyl groups is 1. The highest BCUT2D eigenvalue weighted by molar-refractivity contribution is 5.74. The molecular weight excluding hydrogens is 348 g/mol. The first-order valence-electron chi connectivity index (χ1n) is 11.2. The van der Waals surface area contributed by atoms with Gasteiger partial charge in [0.05, 0.1) is 12.5 Å². The molecule has 1 heterocycles. The predicted octanol–water partition coefficient (Wildman–Crippen LogP) is 5.56. The van der Waals surface area contributed by atoms with Crippen molar-refractivity contribution in [2.45, 2.75) is 103 Å². The molecule has 0 saturated carbocycles. The van der Waals surface area contributed by atoms with Gasteiger partial charge in [0.2, 0.25) is 0 Å². The van der Waals surface area contributed by atoms with Crippen molar-refractivity contribution in [3.05, 3.63) is 12.2 Å². The summed E-state index contributed by atoms with van der Waals surface area (Å²) in [6.07, 6.45) is 19.6. The third-order valence-corrected chi connectivity index (χ3v) is 5.12. The van der Waals surface area contributed by atoms with Gasteiger partial charge in [0.1, 0.15) is 6.10 Å². The Kier molecular flexibility index (Phi) is 15.1. The topological polar surface area (TPSA) is 46.5 Å². The van der Waals surface area contributed by atoms with Crippen molar-refractivity contribution < 1.29 is 14.6 Å². The van der Waals surface area contributed by atoms with Crippen molar-refractivity contribution in [1.82, 2.24) is 0 Å². The van der Waals surface area contributed by atoms with Crippen LogP contribution in [0.25, 0.3) is 0 Å². The fourth-order valence-corrected chi connectivity index (χ4v) is 3.38. The molecule has 28 heavy (non-hydrogen) atoms. The third-order valence-electron chi connectivity index (χ3n) is 5.12. The van der Waals surface area contributed by atoms with Crippen LogP contribution in [-0.2, 0) is 9.53 Å². The maximum absolute atomic E-state index is 11.6. The van der Waals surface area contributed by atoms with Crippen molar-refractivity contribution in [2.75, 3.05) is 6.61 Å². The van der Waals surface area contributed by atoms with Crippen molar-refractivity contribution in [3.63, 3.8) is 0 Å². The molecule has 0 radical (unpaired) electrons. The van der Waals surface area contributed by atoms with Crippen molar-refractivity contribution in [2.24, 2.45) is 5.92 Å². The lowest BCUT2D eigenvalue weighted by Gasteiger charge is -2.05. The van der Waals surface area contributed by atoms with Crippen molar-refractivity contribution in [3.8, 4) is 23.7 Å². The first-order chi connectivity index (χ1) is 13.8. The fourth-order valence-electron chi connectivity index (χ4n) is 3.38. The van der Waals surface area contributed by atoms with E-state index >= 15 is 0 Å². The highest BCUT2D eigenvalue weighted by atomic mass is 16.6. The summed E-state index contributed by atoms with van der Waals surface area (Å²) in [7, 11) is 0. The molecule has 2 atom stereocenters. The predicted molar refractivity (Wildman–Crippen MR) is 115 cm³/mol. The second kappa shape index (κ2) is 17.4. The molecule has 1 fully saturated rings. The lowest BCUT2D eigenvalue weighted by atomic mass is 9.97. The van der Waals surface area contributed by atoms with E-state index in [0.29, 0.717) is 6.42 Å².